The predicted octanol–water partition coefficient (Wildman–Crippen LogP) is 3.51. The van der Waals surface area contributed by atoms with Crippen LogP contribution in [-0.4, -0.2) is 66.4 Å². The van der Waals surface area contributed by atoms with Gasteiger partial charge in [-0.1, -0.05) is 0 Å². The minimum absolute atomic E-state index is 0.0116. The fourth-order valence-corrected chi connectivity index (χ4v) is 4.80. The number of aryl methyl sites for hydroxylation is 3. The molecule has 35 heavy (non-hydrogen) atoms. The lowest BCUT2D eigenvalue weighted by Crippen LogP contribution is -2.49. The van der Waals surface area contributed by atoms with Crippen LogP contribution in [0.2, 0.25) is 0 Å². The van der Waals surface area contributed by atoms with Crippen molar-refractivity contribution in [3.63, 3.8) is 0 Å². The van der Waals surface area contributed by atoms with Gasteiger partial charge in [0.1, 0.15) is 6.54 Å². The van der Waals surface area contributed by atoms with Crippen molar-refractivity contribution in [1.29, 1.82) is 0 Å². The molecule has 3 aromatic heterocycles. The Morgan fingerprint density at radius 1 is 1.09 bits per heavy atom. The molecule has 0 radical (unpaired) electrons. The number of rotatable bonds is 6. The van der Waals surface area contributed by atoms with Crippen LogP contribution < -0.4 is 0 Å². The highest BCUT2D eigenvalue weighted by molar-refractivity contribution is 5.85. The van der Waals surface area contributed by atoms with Crippen LogP contribution in [-0.2, 0) is 30.6 Å². The highest BCUT2D eigenvalue weighted by Crippen LogP contribution is 2.43. The fraction of sp³-hybridized carbons (Fsp3) is 0.583. The molecule has 0 atom stereocenters. The Morgan fingerprint density at radius 2 is 1.80 bits per heavy atom. The summed E-state index contributed by atoms with van der Waals surface area (Å²) < 4.78 is 44.7. The van der Waals surface area contributed by atoms with Crippen LogP contribution >= 0.6 is 0 Å². The van der Waals surface area contributed by atoms with Crippen LogP contribution in [0, 0.1) is 13.8 Å². The van der Waals surface area contributed by atoms with Gasteiger partial charge in [-0.25, -0.2) is 9.67 Å². The maximum Gasteiger partial charge on any atom is 0.417 e. The second-order valence-electron chi connectivity index (χ2n) is 9.56. The van der Waals surface area contributed by atoms with E-state index in [-0.39, 0.29) is 35.1 Å². The van der Waals surface area contributed by atoms with Crippen LogP contribution in [0.4, 0.5) is 13.2 Å². The van der Waals surface area contributed by atoms with Crippen LogP contribution in [0.5, 0.6) is 0 Å². The Kier molecular flexibility index (Phi) is 6.06. The van der Waals surface area contributed by atoms with Gasteiger partial charge in [0, 0.05) is 62.6 Å². The van der Waals surface area contributed by atoms with E-state index >= 15 is 0 Å². The van der Waals surface area contributed by atoms with Gasteiger partial charge in [-0.2, -0.15) is 23.4 Å². The lowest BCUT2D eigenvalue weighted by atomic mass is 10.1. The average molecular weight is 490 g/mol. The summed E-state index contributed by atoms with van der Waals surface area (Å²) in [6, 6.07) is 1.16. The van der Waals surface area contributed by atoms with Gasteiger partial charge in [0.15, 0.2) is 5.65 Å². The minimum Gasteiger partial charge on any atom is -0.339 e. The molecular formula is C24H30F3N7O. The quantitative estimate of drug-likeness (QED) is 0.530. The van der Waals surface area contributed by atoms with Gasteiger partial charge in [-0.3, -0.25) is 14.4 Å². The fourth-order valence-electron chi connectivity index (χ4n) is 4.80. The number of hydrogen-bond donors (Lipinski definition) is 0. The molecule has 1 aliphatic carbocycles. The predicted molar refractivity (Wildman–Crippen MR) is 124 cm³/mol. The molecule has 0 bridgehead atoms. The number of piperazine rings is 1. The molecule has 1 saturated carbocycles. The molecule has 1 aliphatic heterocycles. The number of carbonyl (C=O) groups is 1. The number of fused-ring (bicyclic) bond motifs is 1. The van der Waals surface area contributed by atoms with E-state index in [1.54, 1.807) is 11.8 Å². The van der Waals surface area contributed by atoms with Crippen LogP contribution in [0.1, 0.15) is 53.9 Å². The van der Waals surface area contributed by atoms with Crippen molar-refractivity contribution in [3.8, 4) is 0 Å². The summed E-state index contributed by atoms with van der Waals surface area (Å²) in [5.74, 6) is -0.0998. The van der Waals surface area contributed by atoms with Gasteiger partial charge in [-0.05, 0) is 39.7 Å². The number of alkyl halides is 3. The summed E-state index contributed by atoms with van der Waals surface area (Å²) in [5, 5.41) is 8.78. The molecule has 2 aliphatic rings. The van der Waals surface area contributed by atoms with Gasteiger partial charge in [0.05, 0.1) is 22.3 Å². The number of hydrogen-bond acceptors (Lipinski definition) is 5. The third kappa shape index (κ3) is 4.78. The Bertz CT molecular complexity index is 1250. The molecule has 0 N–H and O–H groups in total. The van der Waals surface area contributed by atoms with Crippen molar-refractivity contribution < 1.29 is 18.0 Å². The third-order valence-corrected chi connectivity index (χ3v) is 6.97. The molecule has 8 nitrogen and oxygen atoms in total. The molecule has 1 amide bonds. The molecule has 1 saturated heterocycles. The number of aromatic nitrogens is 5. The largest absolute Gasteiger partial charge is 0.417 e. The number of amides is 1. The summed E-state index contributed by atoms with van der Waals surface area (Å²) in [6.45, 7) is 9.66. The zero-order chi connectivity index (χ0) is 24.9. The van der Waals surface area contributed by atoms with E-state index in [0.29, 0.717) is 18.8 Å². The van der Waals surface area contributed by atoms with E-state index in [1.807, 2.05) is 11.6 Å². The maximum absolute atomic E-state index is 13.8. The van der Waals surface area contributed by atoms with Crippen molar-refractivity contribution in [1.82, 2.24) is 34.3 Å². The van der Waals surface area contributed by atoms with Crippen LogP contribution in [0.25, 0.3) is 11.0 Å². The van der Waals surface area contributed by atoms with Crippen molar-refractivity contribution in [2.75, 3.05) is 26.2 Å². The highest BCUT2D eigenvalue weighted by atomic mass is 19.4. The number of nitrogens with zero attached hydrogens (tertiary/aromatic N) is 7. The average Bonchev–Trinajstić information content (AvgIpc) is 3.55. The van der Waals surface area contributed by atoms with E-state index < -0.39 is 11.7 Å². The summed E-state index contributed by atoms with van der Waals surface area (Å²) in [7, 11) is 0. The molecule has 3 aromatic rings. The van der Waals surface area contributed by atoms with Gasteiger partial charge in [0.25, 0.3) is 0 Å². The molecule has 188 valence electrons. The molecule has 11 heteroatoms. The van der Waals surface area contributed by atoms with E-state index in [9.17, 15) is 18.0 Å². The van der Waals surface area contributed by atoms with Crippen molar-refractivity contribution in [2.24, 2.45) is 0 Å². The smallest absolute Gasteiger partial charge is 0.339 e. The van der Waals surface area contributed by atoms with E-state index in [2.05, 4.69) is 33.2 Å². The minimum atomic E-state index is -4.50. The molecule has 2 fully saturated rings. The molecule has 0 unspecified atom stereocenters. The normalized spacial score (nSPS) is 17.5. The number of halogens is 3. The van der Waals surface area contributed by atoms with Gasteiger partial charge >= 0.3 is 6.18 Å². The lowest BCUT2D eigenvalue weighted by Gasteiger charge is -2.34. The summed E-state index contributed by atoms with van der Waals surface area (Å²) in [4.78, 5) is 21.7. The second-order valence-corrected chi connectivity index (χ2v) is 9.56. The highest BCUT2D eigenvalue weighted by Gasteiger charge is 2.38. The summed E-state index contributed by atoms with van der Waals surface area (Å²) in [5.41, 5.74) is 2.31. The lowest BCUT2D eigenvalue weighted by molar-refractivity contribution is -0.136. The van der Waals surface area contributed by atoms with Crippen LogP contribution in [0.15, 0.2) is 12.3 Å². The Labute approximate surface area is 201 Å². The second kappa shape index (κ2) is 8.92. The standard InChI is InChI=1S/C24H30F3N7O/c1-4-33-13-18(15(2)29-33)12-31-7-9-32(10-8-31)21(35)14-34-23-22(16(3)30-34)19(24(25,26)27)11-20(28-23)17-5-6-17/h11,13,17H,4-10,12,14H2,1-3H3. The van der Waals surface area contributed by atoms with Gasteiger partial charge in [0.2, 0.25) is 5.91 Å². The molecule has 0 spiro atoms. The first kappa shape index (κ1) is 23.8. The molecule has 5 rings (SSSR count). The topological polar surface area (TPSA) is 72.1 Å². The summed E-state index contributed by atoms with van der Waals surface area (Å²) in [6.07, 6.45) is -0.762. The maximum atomic E-state index is 13.8. The monoisotopic (exact) mass is 489 g/mol. The van der Waals surface area contributed by atoms with E-state index in [1.165, 1.54) is 10.2 Å². The van der Waals surface area contributed by atoms with E-state index in [0.717, 1.165) is 50.8 Å². The Morgan fingerprint density at radius 3 is 2.40 bits per heavy atom. The zero-order valence-electron chi connectivity index (χ0n) is 20.3. The van der Waals surface area contributed by atoms with E-state index in [4.69, 9.17) is 0 Å². The molecular weight excluding hydrogens is 459 g/mol. The first-order valence-corrected chi connectivity index (χ1v) is 12.1. The number of carbonyl (C=O) groups excluding carboxylic acids is 1. The number of pyridine rings is 1. The zero-order valence-corrected chi connectivity index (χ0v) is 20.3. The Balaban J connectivity index is 1.29. The molecule has 0 aromatic carbocycles. The van der Waals surface area contributed by atoms with Crippen molar-refractivity contribution in [2.45, 2.75) is 65.3 Å². The Hall–Kier alpha value is -2.95. The first-order valence-electron chi connectivity index (χ1n) is 12.1. The van der Waals surface area contributed by atoms with Gasteiger partial charge in [-0.15, -0.1) is 0 Å². The third-order valence-electron chi connectivity index (χ3n) is 6.97. The van der Waals surface area contributed by atoms with Crippen LogP contribution in [0.3, 0.4) is 0 Å². The molecule has 4 heterocycles. The van der Waals surface area contributed by atoms with Gasteiger partial charge < -0.3 is 4.90 Å². The first-order chi connectivity index (χ1) is 16.6. The summed E-state index contributed by atoms with van der Waals surface area (Å²) >= 11 is 0. The van der Waals surface area contributed by atoms with Crippen molar-refractivity contribution in [3.05, 3.63) is 40.5 Å². The SMILES string of the molecule is CCn1cc(CN2CCN(C(=O)Cn3nc(C)c4c(C(F)(F)F)cc(C5CC5)nc43)CC2)c(C)n1. The van der Waals surface area contributed by atoms with Crippen molar-refractivity contribution >= 4 is 16.9 Å².